The number of rotatable bonds is 4. The van der Waals surface area contributed by atoms with E-state index in [-0.39, 0.29) is 5.75 Å². The molecule has 1 fully saturated rings. The summed E-state index contributed by atoms with van der Waals surface area (Å²) in [5, 5.41) is 18.5. The third kappa shape index (κ3) is 3.39. The summed E-state index contributed by atoms with van der Waals surface area (Å²) in [6.45, 7) is 1.02. The Kier molecular flexibility index (Phi) is 4.07. The molecule has 0 aromatic carbocycles. The lowest BCUT2D eigenvalue weighted by atomic mass is 10.3. The van der Waals surface area contributed by atoms with Crippen molar-refractivity contribution in [2.24, 2.45) is 0 Å². The first kappa shape index (κ1) is 12.9. The van der Waals surface area contributed by atoms with Crippen molar-refractivity contribution in [1.29, 1.82) is 0 Å². The molecular formula is C8H18N2O4S. The van der Waals surface area contributed by atoms with Crippen LogP contribution in [0.5, 0.6) is 0 Å². The minimum atomic E-state index is -3.19. The molecule has 7 heteroatoms. The molecule has 0 radical (unpaired) electrons. The second-order valence-corrected chi connectivity index (χ2v) is 6.30. The van der Waals surface area contributed by atoms with Gasteiger partial charge in [0.15, 0.2) is 0 Å². The van der Waals surface area contributed by atoms with Gasteiger partial charge < -0.3 is 10.2 Å². The summed E-state index contributed by atoms with van der Waals surface area (Å²) < 4.78 is 24.0. The first-order valence-corrected chi connectivity index (χ1v) is 6.42. The molecule has 0 aromatic rings. The van der Waals surface area contributed by atoms with Crippen molar-refractivity contribution < 1.29 is 18.6 Å². The molecule has 1 aliphatic heterocycles. The van der Waals surface area contributed by atoms with E-state index in [1.165, 1.54) is 18.4 Å². The fourth-order valence-electron chi connectivity index (χ4n) is 1.46. The highest BCUT2D eigenvalue weighted by Gasteiger charge is 2.30. The molecule has 0 bridgehead atoms. The monoisotopic (exact) mass is 238 g/mol. The molecule has 0 spiro atoms. The Bertz CT molecular complexity index is 294. The van der Waals surface area contributed by atoms with E-state index < -0.39 is 22.2 Å². The van der Waals surface area contributed by atoms with Crippen molar-refractivity contribution in [2.45, 2.75) is 12.2 Å². The molecule has 0 aliphatic carbocycles. The van der Waals surface area contributed by atoms with E-state index in [0.717, 1.165) is 0 Å². The zero-order valence-electron chi connectivity index (χ0n) is 9.00. The molecule has 2 N–H and O–H groups in total. The molecule has 0 saturated carbocycles. The highest BCUT2D eigenvalue weighted by atomic mass is 32.2. The average Bonchev–Trinajstić information content (AvgIpc) is 2.43. The van der Waals surface area contributed by atoms with Crippen LogP contribution < -0.4 is 0 Å². The minimum absolute atomic E-state index is 0.0133. The Morgan fingerprint density at radius 3 is 2.13 bits per heavy atom. The molecular weight excluding hydrogens is 220 g/mol. The Hall–Kier alpha value is -0.210. The number of aliphatic hydroxyl groups excluding tert-OH is 2. The van der Waals surface area contributed by atoms with Crippen LogP contribution in [0.25, 0.3) is 0 Å². The van der Waals surface area contributed by atoms with Crippen molar-refractivity contribution >= 4 is 10.0 Å². The highest BCUT2D eigenvalue weighted by Crippen LogP contribution is 2.09. The van der Waals surface area contributed by atoms with Gasteiger partial charge in [-0.15, -0.1) is 0 Å². The lowest BCUT2D eigenvalue weighted by Crippen LogP contribution is -2.33. The maximum absolute atomic E-state index is 11.4. The summed E-state index contributed by atoms with van der Waals surface area (Å²) in [5.41, 5.74) is 0. The first-order valence-electron chi connectivity index (χ1n) is 4.81. The van der Waals surface area contributed by atoms with Crippen LogP contribution in [0.2, 0.25) is 0 Å². The van der Waals surface area contributed by atoms with Crippen molar-refractivity contribution in [3.63, 3.8) is 0 Å². The van der Waals surface area contributed by atoms with Gasteiger partial charge in [-0.1, -0.05) is 0 Å². The van der Waals surface area contributed by atoms with Crippen molar-refractivity contribution in [2.75, 3.05) is 39.5 Å². The van der Waals surface area contributed by atoms with E-state index in [0.29, 0.717) is 19.6 Å². The second-order valence-electron chi connectivity index (χ2n) is 3.99. The molecule has 15 heavy (non-hydrogen) atoms. The molecule has 1 heterocycles. The zero-order valence-corrected chi connectivity index (χ0v) is 9.81. The largest absolute Gasteiger partial charge is 0.389 e. The first-order chi connectivity index (χ1) is 6.83. The topological polar surface area (TPSA) is 81.1 Å². The maximum atomic E-state index is 11.4. The van der Waals surface area contributed by atoms with E-state index in [4.69, 9.17) is 0 Å². The fourth-order valence-corrected chi connectivity index (χ4v) is 2.31. The van der Waals surface area contributed by atoms with Gasteiger partial charge in [0, 0.05) is 33.7 Å². The molecule has 1 rings (SSSR count). The predicted octanol–water partition coefficient (Wildman–Crippen LogP) is -2.08. The van der Waals surface area contributed by atoms with Gasteiger partial charge in [0.2, 0.25) is 10.0 Å². The molecule has 1 aliphatic rings. The average molecular weight is 238 g/mol. The van der Waals surface area contributed by atoms with Crippen LogP contribution in [-0.4, -0.2) is 79.5 Å². The Morgan fingerprint density at radius 2 is 1.73 bits per heavy atom. The standard InChI is InChI=1S/C8H18N2O4S/c1-9(2)15(13,14)4-3-10-5-7(11)8(12)6-10/h7-8,11-12H,3-6H2,1-2H3. The minimum Gasteiger partial charge on any atom is -0.389 e. The van der Waals surface area contributed by atoms with Crippen molar-refractivity contribution in [1.82, 2.24) is 9.21 Å². The van der Waals surface area contributed by atoms with Gasteiger partial charge in [-0.05, 0) is 0 Å². The molecule has 90 valence electrons. The summed E-state index contributed by atoms with van der Waals surface area (Å²) in [6.07, 6.45) is -1.51. The summed E-state index contributed by atoms with van der Waals surface area (Å²) in [4.78, 5) is 1.75. The number of hydrogen-bond acceptors (Lipinski definition) is 5. The van der Waals surface area contributed by atoms with Gasteiger partial charge >= 0.3 is 0 Å². The lowest BCUT2D eigenvalue weighted by Gasteiger charge is -2.16. The maximum Gasteiger partial charge on any atom is 0.214 e. The summed E-state index contributed by atoms with van der Waals surface area (Å²) >= 11 is 0. The smallest absolute Gasteiger partial charge is 0.214 e. The van der Waals surface area contributed by atoms with Crippen LogP contribution in [-0.2, 0) is 10.0 Å². The number of hydrogen-bond donors (Lipinski definition) is 2. The van der Waals surface area contributed by atoms with Crippen LogP contribution in [0.3, 0.4) is 0 Å². The van der Waals surface area contributed by atoms with Gasteiger partial charge in [-0.25, -0.2) is 12.7 Å². The molecule has 2 atom stereocenters. The van der Waals surface area contributed by atoms with Crippen LogP contribution in [0, 0.1) is 0 Å². The normalized spacial score (nSPS) is 28.9. The third-order valence-corrected chi connectivity index (χ3v) is 4.37. The molecule has 0 amide bonds. The van der Waals surface area contributed by atoms with Gasteiger partial charge in [0.1, 0.15) is 0 Å². The van der Waals surface area contributed by atoms with Gasteiger partial charge in [0.25, 0.3) is 0 Å². The van der Waals surface area contributed by atoms with E-state index in [1.54, 1.807) is 4.90 Å². The lowest BCUT2D eigenvalue weighted by molar-refractivity contribution is 0.0572. The number of likely N-dealkylation sites (tertiary alicyclic amines) is 1. The molecule has 6 nitrogen and oxygen atoms in total. The number of sulfonamides is 1. The molecule has 0 aromatic heterocycles. The Labute approximate surface area is 90.2 Å². The fraction of sp³-hybridized carbons (Fsp3) is 1.00. The van der Waals surface area contributed by atoms with Crippen LogP contribution in [0.1, 0.15) is 0 Å². The summed E-state index contributed by atoms with van der Waals surface area (Å²) in [6, 6.07) is 0. The Balaban J connectivity index is 2.39. The van der Waals surface area contributed by atoms with Crippen LogP contribution >= 0.6 is 0 Å². The predicted molar refractivity (Wildman–Crippen MR) is 55.9 cm³/mol. The van der Waals surface area contributed by atoms with E-state index in [9.17, 15) is 18.6 Å². The van der Waals surface area contributed by atoms with Gasteiger partial charge in [0.05, 0.1) is 18.0 Å². The van der Waals surface area contributed by atoms with Crippen molar-refractivity contribution in [3.8, 4) is 0 Å². The van der Waals surface area contributed by atoms with Gasteiger partial charge in [-0.3, -0.25) is 4.90 Å². The quantitative estimate of drug-likeness (QED) is 0.587. The zero-order chi connectivity index (χ0) is 11.6. The Morgan fingerprint density at radius 1 is 1.27 bits per heavy atom. The summed E-state index contributed by atoms with van der Waals surface area (Å²) in [7, 11) is -0.214. The van der Waals surface area contributed by atoms with E-state index in [2.05, 4.69) is 0 Å². The SMILES string of the molecule is CN(C)S(=O)(=O)CCN1CC(O)C(O)C1. The summed E-state index contributed by atoms with van der Waals surface area (Å²) in [5.74, 6) is 0.0133. The second kappa shape index (κ2) is 4.75. The van der Waals surface area contributed by atoms with E-state index in [1.807, 2.05) is 0 Å². The van der Waals surface area contributed by atoms with E-state index >= 15 is 0 Å². The third-order valence-electron chi connectivity index (χ3n) is 2.56. The van der Waals surface area contributed by atoms with Crippen molar-refractivity contribution in [3.05, 3.63) is 0 Å². The number of aliphatic hydroxyl groups is 2. The van der Waals surface area contributed by atoms with Gasteiger partial charge in [-0.2, -0.15) is 0 Å². The number of β-amino-alcohol motifs (C(OH)–C–C–N with tert-alkyl or cyclic N) is 2. The highest BCUT2D eigenvalue weighted by molar-refractivity contribution is 7.89. The molecule has 1 saturated heterocycles. The van der Waals surface area contributed by atoms with Crippen LogP contribution in [0.4, 0.5) is 0 Å². The molecule has 2 unspecified atom stereocenters. The number of nitrogens with zero attached hydrogens (tertiary/aromatic N) is 2. The van der Waals surface area contributed by atoms with Crippen LogP contribution in [0.15, 0.2) is 0 Å².